The van der Waals surface area contributed by atoms with Gasteiger partial charge in [-0.3, -0.25) is 4.79 Å². The van der Waals surface area contributed by atoms with E-state index in [1.807, 2.05) is 13.8 Å². The molecule has 0 aliphatic rings. The van der Waals surface area contributed by atoms with Crippen molar-refractivity contribution in [3.05, 3.63) is 42.1 Å². The minimum atomic E-state index is -0.183. The Morgan fingerprint density at radius 3 is 2.95 bits per heavy atom. The van der Waals surface area contributed by atoms with Crippen molar-refractivity contribution < 1.29 is 4.79 Å². The van der Waals surface area contributed by atoms with Gasteiger partial charge in [-0.05, 0) is 26.0 Å². The number of hydrogen-bond donors (Lipinski definition) is 3. The minimum absolute atomic E-state index is 0.173. The first kappa shape index (κ1) is 13.1. The third-order valence-electron chi connectivity index (χ3n) is 2.67. The van der Waals surface area contributed by atoms with Gasteiger partial charge in [0.15, 0.2) is 0 Å². The molecule has 6 heteroatoms. The summed E-state index contributed by atoms with van der Waals surface area (Å²) in [5.41, 5.74) is 0.530. The SMILES string of the molecule is CCNc1ncccc1C(=O)NC(C)c1ncc[nH]1. The number of nitrogens with zero attached hydrogens (tertiary/aromatic N) is 2. The summed E-state index contributed by atoms with van der Waals surface area (Å²) in [6.07, 6.45) is 5.04. The van der Waals surface area contributed by atoms with Crippen LogP contribution in [-0.4, -0.2) is 27.4 Å². The molecule has 2 aromatic heterocycles. The molecule has 0 fully saturated rings. The molecule has 0 aliphatic carbocycles. The van der Waals surface area contributed by atoms with E-state index in [1.54, 1.807) is 30.7 Å². The Bertz CT molecular complexity index is 538. The zero-order valence-corrected chi connectivity index (χ0v) is 11.0. The molecule has 100 valence electrons. The molecule has 2 aromatic rings. The van der Waals surface area contributed by atoms with Gasteiger partial charge in [-0.2, -0.15) is 0 Å². The Hall–Kier alpha value is -2.37. The number of nitrogens with one attached hydrogen (secondary N) is 3. The molecule has 2 heterocycles. The number of aromatic nitrogens is 3. The molecular weight excluding hydrogens is 242 g/mol. The molecule has 19 heavy (non-hydrogen) atoms. The van der Waals surface area contributed by atoms with Gasteiger partial charge in [-0.15, -0.1) is 0 Å². The Labute approximate surface area is 111 Å². The summed E-state index contributed by atoms with van der Waals surface area (Å²) in [5, 5.41) is 5.95. The quantitative estimate of drug-likeness (QED) is 0.763. The lowest BCUT2D eigenvalue weighted by Gasteiger charge is -2.13. The summed E-state index contributed by atoms with van der Waals surface area (Å²) in [6, 6.07) is 3.31. The smallest absolute Gasteiger partial charge is 0.255 e. The average Bonchev–Trinajstić information content (AvgIpc) is 2.93. The fraction of sp³-hybridized carbons (Fsp3) is 0.308. The molecule has 2 rings (SSSR count). The van der Waals surface area contributed by atoms with Crippen molar-refractivity contribution >= 4 is 11.7 Å². The standard InChI is InChI=1S/C13H17N5O/c1-3-14-12-10(5-4-6-15-12)13(19)18-9(2)11-16-7-8-17-11/h4-9H,3H2,1-2H3,(H,14,15)(H,16,17)(H,18,19). The van der Waals surface area contributed by atoms with Crippen LogP contribution < -0.4 is 10.6 Å². The average molecular weight is 259 g/mol. The molecular formula is C13H17N5O. The zero-order chi connectivity index (χ0) is 13.7. The molecule has 0 radical (unpaired) electrons. The van der Waals surface area contributed by atoms with Crippen molar-refractivity contribution in [1.82, 2.24) is 20.3 Å². The van der Waals surface area contributed by atoms with Crippen LogP contribution >= 0.6 is 0 Å². The number of imidazole rings is 1. The summed E-state index contributed by atoms with van der Waals surface area (Å²) in [7, 11) is 0. The first-order valence-electron chi connectivity index (χ1n) is 6.21. The van der Waals surface area contributed by atoms with E-state index in [2.05, 4.69) is 25.6 Å². The van der Waals surface area contributed by atoms with Gasteiger partial charge in [0, 0.05) is 25.1 Å². The second-order valence-corrected chi connectivity index (χ2v) is 4.10. The third-order valence-corrected chi connectivity index (χ3v) is 2.67. The van der Waals surface area contributed by atoms with Gasteiger partial charge in [0.2, 0.25) is 0 Å². The van der Waals surface area contributed by atoms with Crippen LogP contribution in [0.1, 0.15) is 36.1 Å². The Kier molecular flexibility index (Phi) is 4.12. The number of carbonyl (C=O) groups excluding carboxylic acids is 1. The lowest BCUT2D eigenvalue weighted by atomic mass is 10.2. The summed E-state index contributed by atoms with van der Waals surface area (Å²) in [4.78, 5) is 23.5. The maximum atomic E-state index is 12.2. The van der Waals surface area contributed by atoms with Crippen molar-refractivity contribution in [3.63, 3.8) is 0 Å². The highest BCUT2D eigenvalue weighted by molar-refractivity contribution is 5.98. The normalized spacial score (nSPS) is 11.9. The summed E-state index contributed by atoms with van der Waals surface area (Å²) in [6.45, 7) is 4.55. The maximum Gasteiger partial charge on any atom is 0.255 e. The van der Waals surface area contributed by atoms with Crippen molar-refractivity contribution in [1.29, 1.82) is 0 Å². The molecule has 3 N–H and O–H groups in total. The van der Waals surface area contributed by atoms with E-state index in [9.17, 15) is 4.79 Å². The first-order chi connectivity index (χ1) is 9.22. The van der Waals surface area contributed by atoms with Gasteiger partial charge in [0.1, 0.15) is 11.6 Å². The number of H-pyrrole nitrogens is 1. The second-order valence-electron chi connectivity index (χ2n) is 4.10. The van der Waals surface area contributed by atoms with Gasteiger partial charge < -0.3 is 15.6 Å². The highest BCUT2D eigenvalue weighted by Gasteiger charge is 2.16. The summed E-state index contributed by atoms with van der Waals surface area (Å²) < 4.78 is 0. The fourth-order valence-electron chi connectivity index (χ4n) is 1.75. The molecule has 0 aliphatic heterocycles. The predicted molar refractivity (Wildman–Crippen MR) is 72.9 cm³/mol. The van der Waals surface area contributed by atoms with Gasteiger partial charge in [0.05, 0.1) is 11.6 Å². The van der Waals surface area contributed by atoms with Crippen LogP contribution in [0, 0.1) is 0 Å². The van der Waals surface area contributed by atoms with E-state index < -0.39 is 0 Å². The Morgan fingerprint density at radius 1 is 1.42 bits per heavy atom. The molecule has 0 bridgehead atoms. The van der Waals surface area contributed by atoms with Crippen molar-refractivity contribution in [2.45, 2.75) is 19.9 Å². The molecule has 6 nitrogen and oxygen atoms in total. The summed E-state index contributed by atoms with van der Waals surface area (Å²) >= 11 is 0. The van der Waals surface area contributed by atoms with E-state index in [4.69, 9.17) is 0 Å². The highest BCUT2D eigenvalue weighted by atomic mass is 16.1. The van der Waals surface area contributed by atoms with Crippen LogP contribution in [0.25, 0.3) is 0 Å². The van der Waals surface area contributed by atoms with Gasteiger partial charge in [0.25, 0.3) is 5.91 Å². The van der Waals surface area contributed by atoms with E-state index in [-0.39, 0.29) is 11.9 Å². The van der Waals surface area contributed by atoms with Crippen LogP contribution in [0.5, 0.6) is 0 Å². The monoisotopic (exact) mass is 259 g/mol. The topological polar surface area (TPSA) is 82.7 Å². The first-order valence-corrected chi connectivity index (χ1v) is 6.21. The zero-order valence-electron chi connectivity index (χ0n) is 11.0. The van der Waals surface area contributed by atoms with Gasteiger partial charge in [-0.1, -0.05) is 0 Å². The van der Waals surface area contributed by atoms with Crippen molar-refractivity contribution in [2.24, 2.45) is 0 Å². The van der Waals surface area contributed by atoms with Crippen LogP contribution in [0.4, 0.5) is 5.82 Å². The fourth-order valence-corrected chi connectivity index (χ4v) is 1.75. The number of carbonyl (C=O) groups is 1. The number of hydrogen-bond acceptors (Lipinski definition) is 4. The van der Waals surface area contributed by atoms with Crippen LogP contribution in [-0.2, 0) is 0 Å². The minimum Gasteiger partial charge on any atom is -0.370 e. The molecule has 0 aromatic carbocycles. The van der Waals surface area contributed by atoms with Crippen molar-refractivity contribution in [3.8, 4) is 0 Å². The molecule has 1 atom stereocenters. The van der Waals surface area contributed by atoms with Gasteiger partial charge >= 0.3 is 0 Å². The Morgan fingerprint density at radius 2 is 2.26 bits per heavy atom. The molecule has 0 saturated carbocycles. The molecule has 0 saturated heterocycles. The number of pyridine rings is 1. The summed E-state index contributed by atoms with van der Waals surface area (Å²) in [5.74, 6) is 1.14. The van der Waals surface area contributed by atoms with E-state index in [0.717, 1.165) is 5.82 Å². The molecule has 1 unspecified atom stereocenters. The lowest BCUT2D eigenvalue weighted by molar-refractivity contribution is 0.0939. The number of aromatic amines is 1. The third kappa shape index (κ3) is 3.09. The predicted octanol–water partition coefficient (Wildman–Crippen LogP) is 1.73. The van der Waals surface area contributed by atoms with E-state index in [0.29, 0.717) is 17.9 Å². The lowest BCUT2D eigenvalue weighted by Crippen LogP contribution is -2.28. The van der Waals surface area contributed by atoms with Crippen LogP contribution in [0.2, 0.25) is 0 Å². The molecule has 0 spiro atoms. The number of anilines is 1. The van der Waals surface area contributed by atoms with Crippen LogP contribution in [0.3, 0.4) is 0 Å². The second kappa shape index (κ2) is 5.99. The highest BCUT2D eigenvalue weighted by Crippen LogP contribution is 2.13. The van der Waals surface area contributed by atoms with E-state index >= 15 is 0 Å². The van der Waals surface area contributed by atoms with Crippen LogP contribution in [0.15, 0.2) is 30.7 Å². The largest absolute Gasteiger partial charge is 0.370 e. The molecule has 1 amide bonds. The Balaban J connectivity index is 2.11. The number of amides is 1. The van der Waals surface area contributed by atoms with E-state index in [1.165, 1.54) is 0 Å². The van der Waals surface area contributed by atoms with Crippen molar-refractivity contribution in [2.75, 3.05) is 11.9 Å². The number of rotatable bonds is 5. The maximum absolute atomic E-state index is 12.2. The van der Waals surface area contributed by atoms with Gasteiger partial charge in [-0.25, -0.2) is 9.97 Å².